The summed E-state index contributed by atoms with van der Waals surface area (Å²) in [6.45, 7) is 3.50. The molecule has 4 rings (SSSR count). The Kier molecular flexibility index (Phi) is 5.41. The van der Waals surface area contributed by atoms with Crippen LogP contribution in [-0.4, -0.2) is 37.6 Å². The number of anilines is 1. The summed E-state index contributed by atoms with van der Waals surface area (Å²) in [6.07, 6.45) is 0.877. The molecule has 0 bridgehead atoms. The molecule has 1 amide bonds. The lowest BCUT2D eigenvalue weighted by Gasteiger charge is -2.33. The maximum atomic E-state index is 13.0. The van der Waals surface area contributed by atoms with Crippen molar-refractivity contribution in [1.82, 2.24) is 4.90 Å². The fourth-order valence-corrected chi connectivity index (χ4v) is 3.97. The molecule has 0 radical (unpaired) electrons. The molecule has 1 aliphatic heterocycles. The van der Waals surface area contributed by atoms with Gasteiger partial charge in [-0.2, -0.15) is 0 Å². The van der Waals surface area contributed by atoms with Gasteiger partial charge in [0.15, 0.2) is 11.5 Å². The molecule has 1 aliphatic rings. The van der Waals surface area contributed by atoms with Crippen LogP contribution in [0.25, 0.3) is 10.8 Å². The van der Waals surface area contributed by atoms with Crippen LogP contribution in [0.2, 0.25) is 0 Å². The van der Waals surface area contributed by atoms with Crippen LogP contribution in [0.4, 0.5) is 5.69 Å². The van der Waals surface area contributed by atoms with Gasteiger partial charge in [0.1, 0.15) is 0 Å². The third-order valence-corrected chi connectivity index (χ3v) is 5.72. The average Bonchev–Trinajstić information content (AvgIpc) is 2.77. The minimum Gasteiger partial charge on any atom is -0.493 e. The van der Waals surface area contributed by atoms with Crippen LogP contribution in [-0.2, 0) is 17.8 Å². The number of hydrogen-bond acceptors (Lipinski definition) is 4. The molecule has 0 aromatic heterocycles. The van der Waals surface area contributed by atoms with Gasteiger partial charge in [0, 0.05) is 24.2 Å². The van der Waals surface area contributed by atoms with E-state index in [9.17, 15) is 4.79 Å². The number of nitrogens with zero attached hydrogens (tertiary/aromatic N) is 1. The minimum absolute atomic E-state index is 0.00489. The molecule has 3 aromatic rings. The molecule has 0 fully saturated rings. The summed E-state index contributed by atoms with van der Waals surface area (Å²) in [5.74, 6) is 1.48. The third-order valence-electron chi connectivity index (χ3n) is 5.72. The highest BCUT2D eigenvalue weighted by Gasteiger charge is 2.27. The van der Waals surface area contributed by atoms with Gasteiger partial charge in [0.2, 0.25) is 5.91 Å². The largest absolute Gasteiger partial charge is 0.493 e. The molecule has 3 aromatic carbocycles. The molecule has 1 unspecified atom stereocenters. The van der Waals surface area contributed by atoms with Gasteiger partial charge in [-0.3, -0.25) is 9.69 Å². The van der Waals surface area contributed by atoms with Crippen LogP contribution in [0.1, 0.15) is 18.1 Å². The van der Waals surface area contributed by atoms with E-state index in [1.54, 1.807) is 14.2 Å². The first kappa shape index (κ1) is 19.3. The number of fused-ring (bicyclic) bond motifs is 2. The predicted molar refractivity (Wildman–Crippen MR) is 116 cm³/mol. The molecule has 5 nitrogen and oxygen atoms in total. The van der Waals surface area contributed by atoms with Crippen molar-refractivity contribution in [1.29, 1.82) is 0 Å². The second-order valence-corrected chi connectivity index (χ2v) is 7.39. The van der Waals surface area contributed by atoms with Crippen molar-refractivity contribution >= 4 is 22.4 Å². The van der Waals surface area contributed by atoms with Crippen molar-refractivity contribution in [3.05, 3.63) is 65.7 Å². The topological polar surface area (TPSA) is 50.8 Å². The van der Waals surface area contributed by atoms with E-state index in [2.05, 4.69) is 22.3 Å². The summed E-state index contributed by atoms with van der Waals surface area (Å²) < 4.78 is 10.9. The fourth-order valence-electron chi connectivity index (χ4n) is 3.97. The average molecular weight is 390 g/mol. The Hall–Kier alpha value is -3.05. The Morgan fingerprint density at radius 2 is 1.69 bits per heavy atom. The van der Waals surface area contributed by atoms with E-state index >= 15 is 0 Å². The van der Waals surface area contributed by atoms with E-state index in [4.69, 9.17) is 9.47 Å². The van der Waals surface area contributed by atoms with Gasteiger partial charge in [-0.15, -0.1) is 0 Å². The minimum atomic E-state index is -0.241. The molecule has 0 spiro atoms. The maximum absolute atomic E-state index is 13.0. The molecular formula is C24H26N2O3. The first-order chi connectivity index (χ1) is 14.1. The quantitative estimate of drug-likeness (QED) is 0.708. The van der Waals surface area contributed by atoms with Crippen LogP contribution in [0, 0.1) is 0 Å². The van der Waals surface area contributed by atoms with E-state index in [0.717, 1.165) is 40.9 Å². The van der Waals surface area contributed by atoms with Gasteiger partial charge < -0.3 is 14.8 Å². The Morgan fingerprint density at radius 1 is 1.00 bits per heavy atom. The van der Waals surface area contributed by atoms with Crippen molar-refractivity contribution < 1.29 is 14.3 Å². The molecule has 0 saturated carbocycles. The monoisotopic (exact) mass is 390 g/mol. The number of amides is 1. The van der Waals surface area contributed by atoms with Crippen LogP contribution in [0.5, 0.6) is 11.5 Å². The molecule has 1 heterocycles. The highest BCUT2D eigenvalue weighted by molar-refractivity contribution is 6.03. The highest BCUT2D eigenvalue weighted by atomic mass is 16.5. The Labute approximate surface area is 171 Å². The van der Waals surface area contributed by atoms with E-state index in [-0.39, 0.29) is 11.9 Å². The van der Waals surface area contributed by atoms with Crippen molar-refractivity contribution in [2.45, 2.75) is 25.9 Å². The van der Waals surface area contributed by atoms with E-state index in [0.29, 0.717) is 6.54 Å². The standard InChI is InChI=1S/C24H26N2O3/c1-16(24(27)25-21-10-6-8-17-7-4-5-9-20(17)21)26-12-11-18-13-22(28-2)23(29-3)14-19(18)15-26/h4-10,13-14,16H,11-12,15H2,1-3H3,(H,25,27). The molecule has 150 valence electrons. The number of rotatable bonds is 5. The van der Waals surface area contributed by atoms with Gasteiger partial charge in [-0.25, -0.2) is 0 Å². The highest BCUT2D eigenvalue weighted by Crippen LogP contribution is 2.33. The first-order valence-electron chi connectivity index (χ1n) is 9.87. The summed E-state index contributed by atoms with van der Waals surface area (Å²) in [4.78, 5) is 15.2. The molecule has 0 aliphatic carbocycles. The molecular weight excluding hydrogens is 364 g/mol. The summed E-state index contributed by atoms with van der Waals surface area (Å²) in [6, 6.07) is 17.9. The van der Waals surface area contributed by atoms with Gasteiger partial charge in [0.25, 0.3) is 0 Å². The lowest BCUT2D eigenvalue weighted by atomic mass is 9.97. The predicted octanol–water partition coefficient (Wildman–Crippen LogP) is 4.24. The van der Waals surface area contributed by atoms with Gasteiger partial charge in [0.05, 0.1) is 20.3 Å². The van der Waals surface area contributed by atoms with Crippen LogP contribution < -0.4 is 14.8 Å². The SMILES string of the molecule is COc1cc2c(cc1OC)CN(C(C)C(=O)Nc1cccc3ccccc13)CC2. The number of carbonyl (C=O) groups is 1. The second kappa shape index (κ2) is 8.13. The number of carbonyl (C=O) groups excluding carboxylic acids is 1. The Balaban J connectivity index is 1.51. The second-order valence-electron chi connectivity index (χ2n) is 7.39. The van der Waals surface area contributed by atoms with Crippen molar-refractivity contribution in [2.24, 2.45) is 0 Å². The smallest absolute Gasteiger partial charge is 0.241 e. The number of nitrogens with one attached hydrogen (secondary N) is 1. The summed E-state index contributed by atoms with van der Waals surface area (Å²) in [7, 11) is 3.30. The third kappa shape index (κ3) is 3.78. The summed E-state index contributed by atoms with van der Waals surface area (Å²) in [5, 5.41) is 5.29. The maximum Gasteiger partial charge on any atom is 0.241 e. The van der Waals surface area contributed by atoms with Gasteiger partial charge in [-0.05, 0) is 48.1 Å². The number of benzene rings is 3. The van der Waals surface area contributed by atoms with Crippen LogP contribution in [0.3, 0.4) is 0 Å². The van der Waals surface area contributed by atoms with E-state index in [1.165, 1.54) is 11.1 Å². The number of hydrogen-bond donors (Lipinski definition) is 1. The van der Waals surface area contributed by atoms with Gasteiger partial charge >= 0.3 is 0 Å². The zero-order chi connectivity index (χ0) is 20.4. The van der Waals surface area contributed by atoms with Gasteiger partial charge in [-0.1, -0.05) is 36.4 Å². The Morgan fingerprint density at radius 3 is 2.45 bits per heavy atom. The van der Waals surface area contributed by atoms with Crippen molar-refractivity contribution in [3.8, 4) is 11.5 Å². The summed E-state index contributed by atoms with van der Waals surface area (Å²) in [5.41, 5.74) is 3.28. The van der Waals surface area contributed by atoms with Crippen molar-refractivity contribution in [3.63, 3.8) is 0 Å². The van der Waals surface area contributed by atoms with Crippen molar-refractivity contribution in [2.75, 3.05) is 26.1 Å². The zero-order valence-electron chi connectivity index (χ0n) is 17.1. The molecule has 1 atom stereocenters. The zero-order valence-corrected chi connectivity index (χ0v) is 17.1. The Bertz CT molecular complexity index is 1040. The van der Waals surface area contributed by atoms with E-state index in [1.807, 2.05) is 49.4 Å². The van der Waals surface area contributed by atoms with Crippen LogP contribution >= 0.6 is 0 Å². The van der Waals surface area contributed by atoms with E-state index < -0.39 is 0 Å². The molecule has 1 N–H and O–H groups in total. The molecule has 29 heavy (non-hydrogen) atoms. The molecule has 5 heteroatoms. The fraction of sp³-hybridized carbons (Fsp3) is 0.292. The number of ether oxygens (including phenoxy) is 2. The molecule has 0 saturated heterocycles. The lowest BCUT2D eigenvalue weighted by molar-refractivity contribution is -0.121. The lowest BCUT2D eigenvalue weighted by Crippen LogP contribution is -2.44. The number of methoxy groups -OCH3 is 2. The van der Waals surface area contributed by atoms with Crippen LogP contribution in [0.15, 0.2) is 54.6 Å². The summed E-state index contributed by atoms with van der Waals surface area (Å²) >= 11 is 0. The normalized spacial score (nSPS) is 14.9. The first-order valence-corrected chi connectivity index (χ1v) is 9.87.